The summed E-state index contributed by atoms with van der Waals surface area (Å²) in [4.78, 5) is 46.9. The number of nitrogens with zero attached hydrogens (tertiary/aromatic N) is 6. The number of ketones is 1. The van der Waals surface area contributed by atoms with E-state index < -0.39 is 40.5 Å². The number of piperazine rings is 1. The van der Waals surface area contributed by atoms with E-state index >= 15 is 0 Å². The molecule has 5 aromatic rings. The lowest BCUT2D eigenvalue weighted by molar-refractivity contribution is -0.142. The van der Waals surface area contributed by atoms with Crippen LogP contribution >= 0.6 is 0 Å². The number of aliphatic hydroxyl groups is 1. The van der Waals surface area contributed by atoms with Gasteiger partial charge in [0, 0.05) is 55.8 Å². The third-order valence-electron chi connectivity index (χ3n) is 7.99. The number of aliphatic hydroxyl groups excluding tert-OH is 1. The van der Waals surface area contributed by atoms with Gasteiger partial charge in [-0.05, 0) is 66.1 Å². The monoisotopic (exact) mass is 654 g/mol. The number of halogens is 3. The van der Waals surface area contributed by atoms with E-state index in [0.29, 0.717) is 24.7 Å². The van der Waals surface area contributed by atoms with Crippen LogP contribution in [0.1, 0.15) is 22.3 Å². The molecule has 10 nitrogen and oxygen atoms in total. The average molecular weight is 655 g/mol. The van der Waals surface area contributed by atoms with Crippen molar-refractivity contribution in [3.05, 3.63) is 148 Å². The third kappa shape index (κ3) is 7.20. The molecule has 0 unspecified atom stereocenters. The summed E-state index contributed by atoms with van der Waals surface area (Å²) >= 11 is 0. The topological polar surface area (TPSA) is 114 Å². The molecule has 0 bridgehead atoms. The summed E-state index contributed by atoms with van der Waals surface area (Å²) in [5, 5.41) is 15.1. The van der Waals surface area contributed by atoms with Gasteiger partial charge in [0.05, 0.1) is 17.8 Å². The zero-order valence-electron chi connectivity index (χ0n) is 25.5. The molecule has 13 heteroatoms. The molecule has 3 heterocycles. The molecule has 0 radical (unpaired) electrons. The second kappa shape index (κ2) is 13.8. The molecule has 6 rings (SSSR count). The molecule has 0 aliphatic carbocycles. The van der Waals surface area contributed by atoms with E-state index in [9.17, 15) is 32.7 Å². The van der Waals surface area contributed by atoms with E-state index in [0.717, 1.165) is 34.1 Å². The molecule has 1 amide bonds. The van der Waals surface area contributed by atoms with Gasteiger partial charge < -0.3 is 19.5 Å². The number of carbonyl (C=O) groups is 2. The Kier molecular flexibility index (Phi) is 9.19. The molecular formula is C35H29F3N6O4. The molecule has 48 heavy (non-hydrogen) atoms. The van der Waals surface area contributed by atoms with Crippen LogP contribution in [0.3, 0.4) is 0 Å². The molecule has 1 fully saturated rings. The van der Waals surface area contributed by atoms with Crippen LogP contribution in [0.25, 0.3) is 11.4 Å². The van der Waals surface area contributed by atoms with Gasteiger partial charge in [0.1, 0.15) is 35.9 Å². The normalized spacial score (nSPS) is 13.5. The largest absolute Gasteiger partial charge is 0.507 e. The molecular weight excluding hydrogens is 625 g/mol. The zero-order chi connectivity index (χ0) is 33.8. The minimum Gasteiger partial charge on any atom is -0.507 e. The van der Waals surface area contributed by atoms with Crippen LogP contribution in [0, 0.1) is 17.5 Å². The highest BCUT2D eigenvalue weighted by atomic mass is 19.1. The number of carbonyl (C=O) groups excluding carboxylic acids is 2. The van der Waals surface area contributed by atoms with E-state index in [2.05, 4.69) is 15.0 Å². The molecule has 0 saturated carbocycles. The fraction of sp³-hybridized carbons (Fsp3) is 0.171. The van der Waals surface area contributed by atoms with Gasteiger partial charge in [-0.1, -0.05) is 18.2 Å². The highest BCUT2D eigenvalue weighted by molar-refractivity contribution is 6.41. The lowest BCUT2D eigenvalue weighted by Crippen LogP contribution is -2.50. The molecule has 3 aromatic carbocycles. The van der Waals surface area contributed by atoms with Gasteiger partial charge in [0.2, 0.25) is 5.78 Å². The Labute approximate surface area is 272 Å². The number of anilines is 1. The highest BCUT2D eigenvalue weighted by Gasteiger charge is 2.26. The fourth-order valence-corrected chi connectivity index (χ4v) is 5.60. The zero-order valence-corrected chi connectivity index (χ0v) is 25.5. The second-order valence-corrected chi connectivity index (χ2v) is 11.3. The van der Waals surface area contributed by atoms with Crippen molar-refractivity contribution in [1.29, 1.82) is 0 Å². The first-order valence-electron chi connectivity index (χ1n) is 15.0. The first-order valence-corrected chi connectivity index (χ1v) is 15.0. The summed E-state index contributed by atoms with van der Waals surface area (Å²) in [5.74, 6) is -4.79. The number of benzene rings is 3. The molecule has 0 atom stereocenters. The molecule has 0 spiro atoms. The molecule has 1 aliphatic rings. The summed E-state index contributed by atoms with van der Waals surface area (Å²) in [6, 6.07) is 17.7. The SMILES string of the molecule is O=C(/C=C(/O)c1cc(Cc2cc(F)cc(F)c2)cn(Cc2ccccc2F)c1=O)C(=O)N1CCN(c2ccc(-n3cncn3)cc2)CC1. The van der Waals surface area contributed by atoms with Crippen LogP contribution in [-0.4, -0.2) is 67.2 Å². The third-order valence-corrected chi connectivity index (χ3v) is 7.99. The first kappa shape index (κ1) is 32.0. The van der Waals surface area contributed by atoms with Crippen molar-refractivity contribution >= 4 is 23.1 Å². The van der Waals surface area contributed by atoms with Crippen LogP contribution in [-0.2, 0) is 22.6 Å². The number of pyridine rings is 1. The van der Waals surface area contributed by atoms with Crippen LogP contribution in [0.2, 0.25) is 0 Å². The quantitative estimate of drug-likeness (QED) is 0.143. The fourth-order valence-electron chi connectivity index (χ4n) is 5.60. The lowest BCUT2D eigenvalue weighted by atomic mass is 10.0. The Morgan fingerprint density at radius 3 is 2.21 bits per heavy atom. The Morgan fingerprint density at radius 2 is 1.54 bits per heavy atom. The number of hydrogen-bond donors (Lipinski definition) is 1. The maximum Gasteiger partial charge on any atom is 0.294 e. The van der Waals surface area contributed by atoms with Crippen LogP contribution < -0.4 is 10.5 Å². The van der Waals surface area contributed by atoms with Gasteiger partial charge in [-0.2, -0.15) is 5.10 Å². The predicted molar refractivity (Wildman–Crippen MR) is 171 cm³/mol. The van der Waals surface area contributed by atoms with Crippen molar-refractivity contribution in [2.45, 2.75) is 13.0 Å². The summed E-state index contributed by atoms with van der Waals surface area (Å²) in [6.07, 6.45) is 5.07. The molecule has 1 saturated heterocycles. The van der Waals surface area contributed by atoms with Crippen LogP contribution in [0.15, 0.2) is 103 Å². The highest BCUT2D eigenvalue weighted by Crippen LogP contribution is 2.20. The van der Waals surface area contributed by atoms with Gasteiger partial charge in [-0.25, -0.2) is 22.8 Å². The van der Waals surface area contributed by atoms with Crippen molar-refractivity contribution in [1.82, 2.24) is 24.2 Å². The first-order chi connectivity index (χ1) is 23.1. The minimum absolute atomic E-state index is 0.0488. The van der Waals surface area contributed by atoms with Gasteiger partial charge >= 0.3 is 0 Å². The van der Waals surface area contributed by atoms with Gasteiger partial charge in [0.25, 0.3) is 11.5 Å². The number of hydrogen-bond acceptors (Lipinski definition) is 7. The summed E-state index contributed by atoms with van der Waals surface area (Å²) in [5.41, 5.74) is 1.45. The van der Waals surface area contributed by atoms with E-state index in [1.165, 1.54) is 41.7 Å². The Hall–Kier alpha value is -5.98. The van der Waals surface area contributed by atoms with Gasteiger partial charge in [-0.3, -0.25) is 14.4 Å². The van der Waals surface area contributed by atoms with Crippen molar-refractivity contribution < 1.29 is 27.9 Å². The van der Waals surface area contributed by atoms with Crippen molar-refractivity contribution in [3.63, 3.8) is 0 Å². The van der Waals surface area contributed by atoms with E-state index in [1.807, 2.05) is 24.3 Å². The van der Waals surface area contributed by atoms with E-state index in [1.54, 1.807) is 17.1 Å². The minimum atomic E-state index is -1.03. The van der Waals surface area contributed by atoms with E-state index in [4.69, 9.17) is 0 Å². The average Bonchev–Trinajstić information content (AvgIpc) is 3.62. The van der Waals surface area contributed by atoms with Gasteiger partial charge in [0.15, 0.2) is 0 Å². The summed E-state index contributed by atoms with van der Waals surface area (Å²) in [6.45, 7) is 1.19. The number of amides is 1. The maximum atomic E-state index is 14.5. The van der Waals surface area contributed by atoms with Crippen molar-refractivity contribution in [3.8, 4) is 5.69 Å². The molecule has 244 valence electrons. The van der Waals surface area contributed by atoms with Gasteiger partial charge in [-0.15, -0.1) is 0 Å². The van der Waals surface area contributed by atoms with Crippen LogP contribution in [0.4, 0.5) is 18.9 Å². The van der Waals surface area contributed by atoms with Crippen molar-refractivity contribution in [2.75, 3.05) is 31.1 Å². The Morgan fingerprint density at radius 1 is 0.854 bits per heavy atom. The Bertz CT molecular complexity index is 2030. The molecule has 2 aromatic heterocycles. The number of aromatic nitrogens is 4. The Balaban J connectivity index is 1.19. The van der Waals surface area contributed by atoms with E-state index in [-0.39, 0.29) is 42.7 Å². The number of rotatable bonds is 9. The van der Waals surface area contributed by atoms with Crippen LogP contribution in [0.5, 0.6) is 0 Å². The molecule has 1 aliphatic heterocycles. The predicted octanol–water partition coefficient (Wildman–Crippen LogP) is 4.30. The smallest absolute Gasteiger partial charge is 0.294 e. The lowest BCUT2D eigenvalue weighted by Gasteiger charge is -2.35. The summed E-state index contributed by atoms with van der Waals surface area (Å²) in [7, 11) is 0. The standard InChI is InChI=1S/C35H29F3N6O4/c36-26-14-23(15-27(37)17-26)13-24-16-30(34(47)43(19-24)20-25-3-1-2-4-31(25)38)32(45)18-33(46)35(48)42-11-9-41(10-12-42)28-5-7-29(8-6-28)44-22-39-21-40-44/h1-8,14-19,21-22,45H,9-13,20H2/b32-18+. The maximum absolute atomic E-state index is 14.5. The second-order valence-electron chi connectivity index (χ2n) is 11.3. The van der Waals surface area contributed by atoms with Crippen molar-refractivity contribution in [2.24, 2.45) is 0 Å². The summed E-state index contributed by atoms with van der Waals surface area (Å²) < 4.78 is 45.0. The molecule has 1 N–H and O–H groups in total.